The van der Waals surface area contributed by atoms with Gasteiger partial charge in [0.05, 0.1) is 12.8 Å². The molecule has 1 rings (SSSR count). The molecule has 0 unspecified atom stereocenters. The van der Waals surface area contributed by atoms with Gasteiger partial charge in [0.25, 0.3) is 0 Å². The number of hydrogen-bond acceptors (Lipinski definition) is 4. The molecule has 13 heavy (non-hydrogen) atoms. The molecule has 0 bridgehead atoms. The largest absolute Gasteiger partial charge is 0.506 e. The first-order chi connectivity index (χ1) is 6.06. The fourth-order valence-corrected chi connectivity index (χ4v) is 0.920. The number of phenols is 1. The van der Waals surface area contributed by atoms with E-state index in [1.165, 1.54) is 13.2 Å². The number of ether oxygens (including phenoxy) is 1. The Hall–Kier alpha value is -1.91. The van der Waals surface area contributed by atoms with Crippen molar-refractivity contribution in [2.45, 2.75) is 0 Å². The maximum Gasteiger partial charge on any atom is 0.339 e. The van der Waals surface area contributed by atoms with Crippen LogP contribution in [0.5, 0.6) is 11.5 Å². The van der Waals surface area contributed by atoms with Gasteiger partial charge in [-0.1, -0.05) is 0 Å². The van der Waals surface area contributed by atoms with Gasteiger partial charge in [0.1, 0.15) is 17.1 Å². The van der Waals surface area contributed by atoms with Gasteiger partial charge < -0.3 is 20.7 Å². The number of hydrogen-bond donors (Lipinski definition) is 3. The van der Waals surface area contributed by atoms with Crippen molar-refractivity contribution in [1.29, 1.82) is 0 Å². The van der Waals surface area contributed by atoms with Gasteiger partial charge in [0.2, 0.25) is 0 Å². The number of methoxy groups -OCH3 is 1. The van der Waals surface area contributed by atoms with Gasteiger partial charge in [-0.3, -0.25) is 0 Å². The van der Waals surface area contributed by atoms with Crippen LogP contribution in [-0.2, 0) is 0 Å². The van der Waals surface area contributed by atoms with Gasteiger partial charge >= 0.3 is 5.97 Å². The Kier molecular flexibility index (Phi) is 2.27. The topological polar surface area (TPSA) is 92.8 Å². The van der Waals surface area contributed by atoms with Gasteiger partial charge in [-0.05, 0) is 0 Å². The van der Waals surface area contributed by atoms with Crippen LogP contribution in [0.3, 0.4) is 0 Å². The van der Waals surface area contributed by atoms with Crippen molar-refractivity contribution in [3.63, 3.8) is 0 Å². The molecule has 4 N–H and O–H groups in total. The molecule has 5 heteroatoms. The van der Waals surface area contributed by atoms with Crippen molar-refractivity contribution in [3.8, 4) is 11.5 Å². The zero-order chi connectivity index (χ0) is 10.0. The number of nitrogen functional groups attached to an aromatic ring is 1. The Morgan fingerprint density at radius 1 is 1.54 bits per heavy atom. The van der Waals surface area contributed by atoms with E-state index in [-0.39, 0.29) is 22.7 Å². The Labute approximate surface area is 74.4 Å². The monoisotopic (exact) mass is 183 g/mol. The first-order valence-corrected chi connectivity index (χ1v) is 3.46. The average Bonchev–Trinajstić information content (AvgIpc) is 2.08. The molecule has 1 aromatic carbocycles. The lowest BCUT2D eigenvalue weighted by molar-refractivity contribution is 0.0693. The molecule has 0 spiro atoms. The molecule has 0 fully saturated rings. The van der Waals surface area contributed by atoms with Crippen molar-refractivity contribution in [2.75, 3.05) is 12.8 Å². The fourth-order valence-electron chi connectivity index (χ4n) is 0.920. The van der Waals surface area contributed by atoms with E-state index in [0.29, 0.717) is 0 Å². The number of nitrogens with two attached hydrogens (primary N) is 1. The highest BCUT2D eigenvalue weighted by Gasteiger charge is 2.13. The molecular weight excluding hydrogens is 174 g/mol. The van der Waals surface area contributed by atoms with Crippen LogP contribution in [0.15, 0.2) is 12.1 Å². The van der Waals surface area contributed by atoms with Crippen LogP contribution in [0.25, 0.3) is 0 Å². The first-order valence-electron chi connectivity index (χ1n) is 3.46. The summed E-state index contributed by atoms with van der Waals surface area (Å²) in [4.78, 5) is 10.6. The Morgan fingerprint density at radius 3 is 2.62 bits per heavy atom. The van der Waals surface area contributed by atoms with Crippen LogP contribution < -0.4 is 10.5 Å². The molecule has 0 radical (unpaired) electrons. The zero-order valence-electron chi connectivity index (χ0n) is 6.94. The minimum absolute atomic E-state index is 0.0850. The van der Waals surface area contributed by atoms with Gasteiger partial charge in [-0.15, -0.1) is 0 Å². The van der Waals surface area contributed by atoms with Crippen LogP contribution in [0, 0.1) is 0 Å². The van der Waals surface area contributed by atoms with Crippen LogP contribution in [0.1, 0.15) is 10.4 Å². The lowest BCUT2D eigenvalue weighted by atomic mass is 10.1. The molecule has 5 nitrogen and oxygen atoms in total. The van der Waals surface area contributed by atoms with Crippen molar-refractivity contribution < 1.29 is 19.7 Å². The fraction of sp³-hybridized carbons (Fsp3) is 0.125. The van der Waals surface area contributed by atoms with Crippen molar-refractivity contribution >= 4 is 11.7 Å². The summed E-state index contributed by atoms with van der Waals surface area (Å²) in [5.74, 6) is -1.31. The van der Waals surface area contributed by atoms with Crippen molar-refractivity contribution in [3.05, 3.63) is 17.7 Å². The van der Waals surface area contributed by atoms with Gasteiger partial charge in [-0.25, -0.2) is 4.79 Å². The number of carbonyl (C=O) groups is 1. The highest BCUT2D eigenvalue weighted by molar-refractivity contribution is 5.92. The van der Waals surface area contributed by atoms with Gasteiger partial charge in [0, 0.05) is 12.1 Å². The first kappa shape index (κ1) is 9.18. The number of aromatic carboxylic acids is 1. The second-order valence-electron chi connectivity index (χ2n) is 2.42. The molecule has 0 saturated carbocycles. The van der Waals surface area contributed by atoms with E-state index >= 15 is 0 Å². The summed E-state index contributed by atoms with van der Waals surface area (Å²) in [6.45, 7) is 0. The predicted octanol–water partition coefficient (Wildman–Crippen LogP) is 0.681. The molecule has 0 heterocycles. The minimum atomic E-state index is -1.17. The Bertz CT molecular complexity index is 348. The van der Waals surface area contributed by atoms with Crippen LogP contribution in [0.4, 0.5) is 5.69 Å². The number of aromatic hydroxyl groups is 1. The number of carboxylic acid groups (broad SMARTS) is 1. The van der Waals surface area contributed by atoms with E-state index in [2.05, 4.69) is 0 Å². The van der Waals surface area contributed by atoms with E-state index < -0.39 is 5.97 Å². The smallest absolute Gasteiger partial charge is 0.339 e. The third-order valence-corrected chi connectivity index (χ3v) is 1.58. The van der Waals surface area contributed by atoms with Gasteiger partial charge in [-0.2, -0.15) is 0 Å². The third-order valence-electron chi connectivity index (χ3n) is 1.58. The van der Waals surface area contributed by atoms with E-state index in [4.69, 9.17) is 20.7 Å². The third kappa shape index (κ3) is 1.64. The second-order valence-corrected chi connectivity index (χ2v) is 2.42. The molecule has 0 atom stereocenters. The summed E-state index contributed by atoms with van der Waals surface area (Å²) in [6, 6.07) is 2.31. The summed E-state index contributed by atoms with van der Waals surface area (Å²) in [5.41, 5.74) is 5.31. The molecular formula is C8H9NO4. The summed E-state index contributed by atoms with van der Waals surface area (Å²) in [6.07, 6.45) is 0. The highest BCUT2D eigenvalue weighted by Crippen LogP contribution is 2.29. The Balaban J connectivity index is 3.33. The van der Waals surface area contributed by atoms with Crippen LogP contribution >= 0.6 is 0 Å². The van der Waals surface area contributed by atoms with E-state index in [9.17, 15) is 4.79 Å². The quantitative estimate of drug-likeness (QED) is 0.463. The number of carboxylic acids is 1. The SMILES string of the molecule is COc1cc(N)c(O)cc1C(=O)O. The normalized spacial score (nSPS) is 9.62. The maximum atomic E-state index is 10.6. The standard InChI is InChI=1S/C8H9NO4/c1-13-7-3-5(9)6(10)2-4(7)8(11)12/h2-3,10H,9H2,1H3,(H,11,12). The number of rotatable bonds is 2. The molecule has 0 aliphatic rings. The number of anilines is 1. The van der Waals surface area contributed by atoms with E-state index in [1.54, 1.807) is 0 Å². The van der Waals surface area contributed by atoms with Crippen molar-refractivity contribution in [1.82, 2.24) is 0 Å². The average molecular weight is 183 g/mol. The molecule has 0 aliphatic heterocycles. The molecule has 0 amide bonds. The molecule has 0 aliphatic carbocycles. The lowest BCUT2D eigenvalue weighted by Gasteiger charge is -2.06. The van der Waals surface area contributed by atoms with Crippen LogP contribution in [0.2, 0.25) is 0 Å². The second kappa shape index (κ2) is 3.22. The Morgan fingerprint density at radius 2 is 2.15 bits per heavy atom. The number of benzene rings is 1. The molecule has 0 saturated heterocycles. The molecule has 0 aromatic heterocycles. The predicted molar refractivity (Wildman–Crippen MR) is 46.0 cm³/mol. The summed E-state index contributed by atoms with van der Waals surface area (Å²) in [5, 5.41) is 17.8. The highest BCUT2D eigenvalue weighted by atomic mass is 16.5. The number of phenolic OH excluding ortho intramolecular Hbond substituents is 1. The van der Waals surface area contributed by atoms with Crippen LogP contribution in [-0.4, -0.2) is 23.3 Å². The minimum Gasteiger partial charge on any atom is -0.506 e. The maximum absolute atomic E-state index is 10.6. The van der Waals surface area contributed by atoms with Gasteiger partial charge in [0.15, 0.2) is 0 Å². The summed E-state index contributed by atoms with van der Waals surface area (Å²) >= 11 is 0. The van der Waals surface area contributed by atoms with Crippen molar-refractivity contribution in [2.24, 2.45) is 0 Å². The van der Waals surface area contributed by atoms with E-state index in [0.717, 1.165) is 6.07 Å². The van der Waals surface area contributed by atoms with E-state index in [1.807, 2.05) is 0 Å². The summed E-state index contributed by atoms with van der Waals surface area (Å²) < 4.78 is 4.77. The zero-order valence-corrected chi connectivity index (χ0v) is 6.94. The molecule has 1 aromatic rings. The molecule has 70 valence electrons. The summed E-state index contributed by atoms with van der Waals surface area (Å²) in [7, 11) is 1.33. The lowest BCUT2D eigenvalue weighted by Crippen LogP contribution is -2.01.